The zero-order chi connectivity index (χ0) is 15.6. The zero-order valence-corrected chi connectivity index (χ0v) is 11.9. The van der Waals surface area contributed by atoms with Gasteiger partial charge in [-0.1, -0.05) is 11.6 Å². The molecule has 4 N–H and O–H groups in total. The van der Waals surface area contributed by atoms with Gasteiger partial charge in [0.05, 0.1) is 11.6 Å². The van der Waals surface area contributed by atoms with E-state index >= 15 is 0 Å². The van der Waals surface area contributed by atoms with Gasteiger partial charge in [-0.2, -0.15) is 0 Å². The molecular weight excluding hydrogens is 301 g/mol. The minimum absolute atomic E-state index is 0.0151. The number of halogens is 2. The van der Waals surface area contributed by atoms with E-state index in [2.05, 4.69) is 5.32 Å². The Bertz CT molecular complexity index is 584. The number of nitrogens with one attached hydrogen (secondary N) is 1. The van der Waals surface area contributed by atoms with Crippen molar-refractivity contribution in [1.29, 1.82) is 0 Å². The highest BCUT2D eigenvalue weighted by Crippen LogP contribution is 2.21. The van der Waals surface area contributed by atoms with Crippen LogP contribution in [0.1, 0.15) is 6.42 Å². The highest BCUT2D eigenvalue weighted by Gasteiger charge is 2.41. The SMILES string of the molecule is NC1(C(=O)O)CCN(CC(=O)Nc2ccc(F)c(Cl)c2)C1. The number of anilines is 1. The number of nitrogens with two attached hydrogens (primary N) is 1. The fraction of sp³-hybridized carbons (Fsp3) is 0.385. The van der Waals surface area contributed by atoms with Crippen LogP contribution >= 0.6 is 11.6 Å². The van der Waals surface area contributed by atoms with E-state index in [0.717, 1.165) is 6.07 Å². The Labute approximate surface area is 125 Å². The molecule has 114 valence electrons. The number of nitrogens with zero attached hydrogens (tertiary/aromatic N) is 1. The molecule has 1 aromatic carbocycles. The number of hydrogen-bond donors (Lipinski definition) is 3. The lowest BCUT2D eigenvalue weighted by Gasteiger charge is -2.19. The van der Waals surface area contributed by atoms with Crippen molar-refractivity contribution in [3.63, 3.8) is 0 Å². The van der Waals surface area contributed by atoms with Crippen LogP contribution in [0.25, 0.3) is 0 Å². The van der Waals surface area contributed by atoms with Crippen molar-refractivity contribution in [2.45, 2.75) is 12.0 Å². The number of aliphatic carboxylic acids is 1. The molecule has 0 spiro atoms. The minimum atomic E-state index is -1.31. The summed E-state index contributed by atoms with van der Waals surface area (Å²) in [6, 6.07) is 3.86. The number of rotatable bonds is 4. The molecule has 0 saturated carbocycles. The summed E-state index contributed by atoms with van der Waals surface area (Å²) in [6.45, 7) is 0.557. The Balaban J connectivity index is 1.91. The highest BCUT2D eigenvalue weighted by molar-refractivity contribution is 6.31. The number of carbonyl (C=O) groups excluding carboxylic acids is 1. The van der Waals surface area contributed by atoms with E-state index in [1.807, 2.05) is 0 Å². The first kappa shape index (κ1) is 15.7. The van der Waals surface area contributed by atoms with Crippen molar-refractivity contribution >= 4 is 29.2 Å². The fourth-order valence-corrected chi connectivity index (χ4v) is 2.38. The topological polar surface area (TPSA) is 95.7 Å². The van der Waals surface area contributed by atoms with Gasteiger partial charge in [-0.15, -0.1) is 0 Å². The number of hydrogen-bond acceptors (Lipinski definition) is 4. The van der Waals surface area contributed by atoms with Crippen LogP contribution in [-0.2, 0) is 9.59 Å². The van der Waals surface area contributed by atoms with Gasteiger partial charge < -0.3 is 16.2 Å². The van der Waals surface area contributed by atoms with Crippen molar-refractivity contribution in [3.8, 4) is 0 Å². The summed E-state index contributed by atoms with van der Waals surface area (Å²) in [5.41, 5.74) is 4.80. The van der Waals surface area contributed by atoms with Crippen LogP contribution in [0.3, 0.4) is 0 Å². The quantitative estimate of drug-likeness (QED) is 0.767. The largest absolute Gasteiger partial charge is 0.480 e. The van der Waals surface area contributed by atoms with E-state index in [0.29, 0.717) is 12.2 Å². The van der Waals surface area contributed by atoms with Gasteiger partial charge in [0.2, 0.25) is 5.91 Å². The maximum atomic E-state index is 13.0. The molecule has 1 aliphatic heterocycles. The van der Waals surface area contributed by atoms with Gasteiger partial charge in [-0.3, -0.25) is 14.5 Å². The molecule has 1 atom stereocenters. The molecule has 1 unspecified atom stereocenters. The molecule has 8 heteroatoms. The number of benzene rings is 1. The van der Waals surface area contributed by atoms with Crippen LogP contribution in [-0.4, -0.2) is 47.1 Å². The highest BCUT2D eigenvalue weighted by atomic mass is 35.5. The van der Waals surface area contributed by atoms with E-state index in [1.54, 1.807) is 4.90 Å². The Morgan fingerprint density at radius 2 is 2.24 bits per heavy atom. The summed E-state index contributed by atoms with van der Waals surface area (Å²) in [7, 11) is 0. The Kier molecular flexibility index (Phi) is 4.46. The second-order valence-corrected chi connectivity index (χ2v) is 5.51. The first-order chi connectivity index (χ1) is 9.80. The smallest absolute Gasteiger partial charge is 0.325 e. The van der Waals surface area contributed by atoms with E-state index in [-0.39, 0.29) is 30.4 Å². The number of amides is 1. The number of carbonyl (C=O) groups is 2. The molecule has 21 heavy (non-hydrogen) atoms. The van der Waals surface area contributed by atoms with Gasteiger partial charge in [-0.05, 0) is 24.6 Å². The molecule has 0 aliphatic carbocycles. The van der Waals surface area contributed by atoms with E-state index in [4.69, 9.17) is 22.4 Å². The van der Waals surface area contributed by atoms with Gasteiger partial charge in [0, 0.05) is 18.8 Å². The molecule has 6 nitrogen and oxygen atoms in total. The summed E-state index contributed by atoms with van der Waals surface area (Å²) < 4.78 is 13.0. The molecule has 0 bridgehead atoms. The van der Waals surface area contributed by atoms with Gasteiger partial charge >= 0.3 is 5.97 Å². The van der Waals surface area contributed by atoms with E-state index in [1.165, 1.54) is 12.1 Å². The Hall–Kier alpha value is -1.70. The molecule has 1 saturated heterocycles. The molecule has 1 fully saturated rings. The third kappa shape index (κ3) is 3.69. The van der Waals surface area contributed by atoms with Gasteiger partial charge in [-0.25, -0.2) is 4.39 Å². The average Bonchev–Trinajstić information content (AvgIpc) is 2.77. The molecule has 0 radical (unpaired) electrons. The lowest BCUT2D eigenvalue weighted by Crippen LogP contribution is -2.50. The van der Waals surface area contributed by atoms with Crippen LogP contribution in [0, 0.1) is 5.82 Å². The number of carboxylic acid groups (broad SMARTS) is 1. The molecule has 2 rings (SSSR count). The first-order valence-electron chi connectivity index (χ1n) is 6.30. The predicted molar refractivity (Wildman–Crippen MR) is 75.7 cm³/mol. The lowest BCUT2D eigenvalue weighted by molar-refractivity contribution is -0.143. The van der Waals surface area contributed by atoms with Crippen LogP contribution in [0.4, 0.5) is 10.1 Å². The minimum Gasteiger partial charge on any atom is -0.480 e. The van der Waals surface area contributed by atoms with Crippen molar-refractivity contribution < 1.29 is 19.1 Å². The van der Waals surface area contributed by atoms with Crippen LogP contribution in [0.2, 0.25) is 5.02 Å². The zero-order valence-electron chi connectivity index (χ0n) is 11.1. The Morgan fingerprint density at radius 1 is 1.52 bits per heavy atom. The van der Waals surface area contributed by atoms with E-state index < -0.39 is 17.3 Å². The fourth-order valence-electron chi connectivity index (χ4n) is 2.20. The lowest BCUT2D eigenvalue weighted by atomic mass is 10.0. The maximum absolute atomic E-state index is 13.0. The number of likely N-dealkylation sites (tertiary alicyclic amines) is 1. The third-order valence-corrected chi connectivity index (χ3v) is 3.67. The third-order valence-electron chi connectivity index (χ3n) is 3.38. The second-order valence-electron chi connectivity index (χ2n) is 5.10. The molecule has 1 amide bonds. The summed E-state index contributed by atoms with van der Waals surface area (Å²) in [4.78, 5) is 24.5. The molecular formula is C13H15ClFN3O3. The predicted octanol–water partition coefficient (Wildman–Crippen LogP) is 0.905. The summed E-state index contributed by atoms with van der Waals surface area (Å²) in [6.07, 6.45) is 0.290. The van der Waals surface area contributed by atoms with Crippen LogP contribution in [0.5, 0.6) is 0 Å². The maximum Gasteiger partial charge on any atom is 0.325 e. The van der Waals surface area contributed by atoms with Gasteiger partial charge in [0.15, 0.2) is 0 Å². The van der Waals surface area contributed by atoms with Crippen LogP contribution in [0.15, 0.2) is 18.2 Å². The number of carboxylic acids is 1. The van der Waals surface area contributed by atoms with Crippen molar-refractivity contribution in [2.24, 2.45) is 5.73 Å². The van der Waals surface area contributed by atoms with Gasteiger partial charge in [0.1, 0.15) is 11.4 Å². The summed E-state index contributed by atoms with van der Waals surface area (Å²) in [5.74, 6) is -1.98. The molecule has 1 aromatic rings. The van der Waals surface area contributed by atoms with E-state index in [9.17, 15) is 14.0 Å². The molecule has 0 aromatic heterocycles. The van der Waals surface area contributed by atoms with Crippen LogP contribution < -0.4 is 11.1 Å². The van der Waals surface area contributed by atoms with Crippen molar-refractivity contribution in [2.75, 3.05) is 25.0 Å². The van der Waals surface area contributed by atoms with Gasteiger partial charge in [0.25, 0.3) is 0 Å². The molecule has 1 aliphatic rings. The van der Waals surface area contributed by atoms with Crippen molar-refractivity contribution in [1.82, 2.24) is 4.90 Å². The summed E-state index contributed by atoms with van der Waals surface area (Å²) >= 11 is 5.62. The monoisotopic (exact) mass is 315 g/mol. The Morgan fingerprint density at radius 3 is 2.81 bits per heavy atom. The second kappa shape index (κ2) is 5.97. The normalized spacial score (nSPS) is 22.2. The first-order valence-corrected chi connectivity index (χ1v) is 6.67. The summed E-state index contributed by atoms with van der Waals surface area (Å²) in [5, 5.41) is 11.5. The van der Waals surface area contributed by atoms with Crippen molar-refractivity contribution in [3.05, 3.63) is 29.0 Å². The molecule has 1 heterocycles. The standard InChI is InChI=1S/C13H15ClFN3O3/c14-9-5-8(1-2-10(9)15)17-11(19)6-18-4-3-13(16,7-18)12(20)21/h1-2,5H,3-4,6-7,16H2,(H,17,19)(H,20,21). The average molecular weight is 316 g/mol.